The molecule has 0 heterocycles. The van der Waals surface area contributed by atoms with E-state index in [0.717, 1.165) is 10.0 Å². The maximum Gasteiger partial charge on any atom is 0.169 e. The summed E-state index contributed by atoms with van der Waals surface area (Å²) in [6.45, 7) is 0. The lowest BCUT2D eigenvalue weighted by molar-refractivity contribution is -0.124. The minimum absolute atomic E-state index is 0.00113. The van der Waals surface area contributed by atoms with E-state index in [9.17, 15) is 14.7 Å². The Morgan fingerprint density at radius 2 is 1.89 bits per heavy atom. The molecule has 18 heavy (non-hydrogen) atoms. The summed E-state index contributed by atoms with van der Waals surface area (Å²) >= 11 is 3.34. The summed E-state index contributed by atoms with van der Waals surface area (Å²) in [6.07, 6.45) is 1.50. The fraction of sp³-hybridized carbons (Fsp3) is 0.286. The molecule has 1 aliphatic rings. The van der Waals surface area contributed by atoms with Crippen molar-refractivity contribution in [3.8, 4) is 0 Å². The molecule has 94 valence electrons. The number of halogens is 1. The smallest absolute Gasteiger partial charge is 0.169 e. The summed E-state index contributed by atoms with van der Waals surface area (Å²) in [4.78, 5) is 23.3. The summed E-state index contributed by atoms with van der Waals surface area (Å²) in [7, 11) is 0. The average molecular weight is 309 g/mol. The van der Waals surface area contributed by atoms with Gasteiger partial charge < -0.3 is 5.11 Å². The molecule has 1 aromatic carbocycles. The first kappa shape index (κ1) is 13.0. The Labute approximate surface area is 114 Å². The SMILES string of the molecule is O=C1CCCC(=O)C1=C(O)Cc1cccc(Br)c1. The highest BCUT2D eigenvalue weighted by Crippen LogP contribution is 2.22. The molecule has 0 unspecified atom stereocenters. The molecule has 0 atom stereocenters. The van der Waals surface area contributed by atoms with Crippen LogP contribution in [0.25, 0.3) is 0 Å². The van der Waals surface area contributed by atoms with Crippen LogP contribution >= 0.6 is 15.9 Å². The Morgan fingerprint density at radius 1 is 1.22 bits per heavy atom. The molecule has 1 fully saturated rings. The van der Waals surface area contributed by atoms with E-state index in [2.05, 4.69) is 15.9 Å². The summed E-state index contributed by atoms with van der Waals surface area (Å²) in [6, 6.07) is 7.43. The molecular weight excluding hydrogens is 296 g/mol. The molecular formula is C14H13BrO3. The number of carbonyl (C=O) groups excluding carboxylic acids is 2. The maximum absolute atomic E-state index is 11.7. The molecule has 3 nitrogen and oxygen atoms in total. The van der Waals surface area contributed by atoms with Gasteiger partial charge in [0, 0.05) is 23.7 Å². The van der Waals surface area contributed by atoms with Crippen LogP contribution in [0.4, 0.5) is 0 Å². The lowest BCUT2D eigenvalue weighted by Gasteiger charge is -2.13. The second-order valence-electron chi connectivity index (χ2n) is 4.33. The lowest BCUT2D eigenvalue weighted by Crippen LogP contribution is -2.21. The van der Waals surface area contributed by atoms with E-state index in [1.54, 1.807) is 0 Å². The van der Waals surface area contributed by atoms with Gasteiger partial charge in [-0.3, -0.25) is 9.59 Å². The Bertz CT molecular complexity index is 514. The molecule has 0 aromatic heterocycles. The van der Waals surface area contributed by atoms with Gasteiger partial charge in [-0.05, 0) is 24.1 Å². The van der Waals surface area contributed by atoms with Crippen molar-refractivity contribution >= 4 is 27.5 Å². The van der Waals surface area contributed by atoms with E-state index < -0.39 is 0 Å². The third-order valence-electron chi connectivity index (χ3n) is 2.91. The Morgan fingerprint density at radius 3 is 2.50 bits per heavy atom. The van der Waals surface area contributed by atoms with Crippen LogP contribution in [0, 0.1) is 0 Å². The van der Waals surface area contributed by atoms with E-state index in [0.29, 0.717) is 19.3 Å². The molecule has 1 N–H and O–H groups in total. The number of carbonyl (C=O) groups is 2. The van der Waals surface area contributed by atoms with Gasteiger partial charge in [-0.25, -0.2) is 0 Å². The number of rotatable bonds is 2. The number of aliphatic hydroxyl groups excluding tert-OH is 1. The first-order valence-electron chi connectivity index (χ1n) is 5.81. The van der Waals surface area contributed by atoms with Crippen LogP contribution in [0.2, 0.25) is 0 Å². The summed E-state index contributed by atoms with van der Waals surface area (Å²) in [5.74, 6) is -0.583. The highest BCUT2D eigenvalue weighted by Gasteiger charge is 2.26. The molecule has 0 aliphatic heterocycles. The molecule has 1 aromatic rings. The molecule has 2 rings (SSSR count). The van der Waals surface area contributed by atoms with Crippen molar-refractivity contribution in [3.05, 3.63) is 45.6 Å². The minimum Gasteiger partial charge on any atom is -0.511 e. The second-order valence-corrected chi connectivity index (χ2v) is 5.24. The van der Waals surface area contributed by atoms with Crippen LogP contribution in [-0.4, -0.2) is 16.7 Å². The van der Waals surface area contributed by atoms with Crippen LogP contribution in [0.1, 0.15) is 24.8 Å². The predicted molar refractivity (Wildman–Crippen MR) is 71.4 cm³/mol. The molecule has 1 saturated carbocycles. The molecule has 0 radical (unpaired) electrons. The van der Waals surface area contributed by atoms with Gasteiger partial charge in [0.1, 0.15) is 5.76 Å². The second kappa shape index (κ2) is 5.48. The number of allylic oxidation sites excluding steroid dienone is 2. The zero-order chi connectivity index (χ0) is 13.1. The Balaban J connectivity index is 2.27. The Hall–Kier alpha value is -1.42. The number of aliphatic hydroxyl groups is 1. The molecule has 0 saturated heterocycles. The number of ketones is 2. The predicted octanol–water partition coefficient (Wildman–Crippen LogP) is 3.13. The van der Waals surface area contributed by atoms with Crippen molar-refractivity contribution in [1.82, 2.24) is 0 Å². The largest absolute Gasteiger partial charge is 0.511 e. The first-order chi connectivity index (χ1) is 8.58. The number of benzene rings is 1. The minimum atomic E-state index is -0.237. The molecule has 0 amide bonds. The van der Waals surface area contributed by atoms with Gasteiger partial charge in [0.05, 0.1) is 5.57 Å². The Kier molecular flexibility index (Phi) is 3.97. The van der Waals surface area contributed by atoms with Gasteiger partial charge >= 0.3 is 0 Å². The normalized spacial score (nSPS) is 15.9. The molecule has 0 bridgehead atoms. The number of hydrogen-bond donors (Lipinski definition) is 1. The van der Waals surface area contributed by atoms with Crippen molar-refractivity contribution in [2.45, 2.75) is 25.7 Å². The van der Waals surface area contributed by atoms with Gasteiger partial charge in [0.15, 0.2) is 11.6 Å². The average Bonchev–Trinajstić information content (AvgIpc) is 2.28. The maximum atomic E-state index is 11.7. The van der Waals surface area contributed by atoms with Crippen LogP contribution in [-0.2, 0) is 16.0 Å². The standard InChI is InChI=1S/C14H13BrO3/c15-10-4-1-3-9(7-10)8-13(18)14-11(16)5-2-6-12(14)17/h1,3-4,7,18H,2,5-6,8H2. The summed E-state index contributed by atoms with van der Waals surface area (Å²) in [5, 5.41) is 9.98. The highest BCUT2D eigenvalue weighted by molar-refractivity contribution is 9.10. The van der Waals surface area contributed by atoms with Crippen molar-refractivity contribution in [3.63, 3.8) is 0 Å². The van der Waals surface area contributed by atoms with Gasteiger partial charge in [0.2, 0.25) is 0 Å². The third-order valence-corrected chi connectivity index (χ3v) is 3.41. The van der Waals surface area contributed by atoms with Crippen LogP contribution in [0.3, 0.4) is 0 Å². The topological polar surface area (TPSA) is 54.4 Å². The zero-order valence-corrected chi connectivity index (χ0v) is 11.4. The van der Waals surface area contributed by atoms with Gasteiger partial charge in [-0.1, -0.05) is 28.1 Å². The van der Waals surface area contributed by atoms with E-state index in [1.807, 2.05) is 24.3 Å². The van der Waals surface area contributed by atoms with E-state index >= 15 is 0 Å². The van der Waals surface area contributed by atoms with Crippen molar-refractivity contribution in [2.24, 2.45) is 0 Å². The highest BCUT2D eigenvalue weighted by atomic mass is 79.9. The lowest BCUT2D eigenvalue weighted by atomic mass is 9.90. The van der Waals surface area contributed by atoms with Gasteiger partial charge in [0.25, 0.3) is 0 Å². The molecule has 4 heteroatoms. The monoisotopic (exact) mass is 308 g/mol. The van der Waals surface area contributed by atoms with Crippen LogP contribution < -0.4 is 0 Å². The van der Waals surface area contributed by atoms with Crippen molar-refractivity contribution < 1.29 is 14.7 Å². The van der Waals surface area contributed by atoms with Crippen LogP contribution in [0.5, 0.6) is 0 Å². The van der Waals surface area contributed by atoms with E-state index in [4.69, 9.17) is 0 Å². The number of hydrogen-bond acceptors (Lipinski definition) is 3. The zero-order valence-electron chi connectivity index (χ0n) is 9.78. The first-order valence-corrected chi connectivity index (χ1v) is 6.60. The molecule has 0 spiro atoms. The quantitative estimate of drug-likeness (QED) is 0.519. The van der Waals surface area contributed by atoms with E-state index in [1.165, 1.54) is 0 Å². The van der Waals surface area contributed by atoms with Crippen LogP contribution in [0.15, 0.2) is 40.1 Å². The van der Waals surface area contributed by atoms with E-state index in [-0.39, 0.29) is 29.3 Å². The van der Waals surface area contributed by atoms with Gasteiger partial charge in [-0.2, -0.15) is 0 Å². The third kappa shape index (κ3) is 2.88. The van der Waals surface area contributed by atoms with Crippen molar-refractivity contribution in [1.29, 1.82) is 0 Å². The summed E-state index contributed by atoms with van der Waals surface area (Å²) < 4.78 is 0.902. The number of Topliss-reactive ketones (excluding diaryl/α,β-unsaturated/α-hetero) is 2. The summed E-state index contributed by atoms with van der Waals surface area (Å²) in [5.41, 5.74) is 0.863. The fourth-order valence-corrected chi connectivity index (χ4v) is 2.51. The fourth-order valence-electron chi connectivity index (χ4n) is 2.07. The van der Waals surface area contributed by atoms with Gasteiger partial charge in [-0.15, -0.1) is 0 Å². The van der Waals surface area contributed by atoms with Crippen molar-refractivity contribution in [2.75, 3.05) is 0 Å². The molecule has 1 aliphatic carbocycles.